The van der Waals surface area contributed by atoms with Gasteiger partial charge in [-0.2, -0.15) is 0 Å². The number of allylic oxidation sites excluding steroid dienone is 6. The first-order chi connectivity index (χ1) is 26.3. The second kappa shape index (κ2) is 40.9. The van der Waals surface area contributed by atoms with Crippen LogP contribution < -0.4 is 5.32 Å². The Balaban J connectivity index is 3.60. The van der Waals surface area contributed by atoms with Crippen LogP contribution in [0.2, 0.25) is 0 Å². The molecular weight excluding hydrogens is 701 g/mol. The number of phosphoric acid groups is 1. The van der Waals surface area contributed by atoms with Crippen LogP contribution in [-0.2, 0) is 27.9 Å². The highest BCUT2D eigenvalue weighted by atomic mass is 31.2. The molecule has 3 N–H and O–H groups in total. The molecule has 0 spiro atoms. The van der Waals surface area contributed by atoms with Gasteiger partial charge in [-0.1, -0.05) is 159 Å². The number of esters is 1. The zero-order valence-electron chi connectivity index (χ0n) is 34.7. The molecule has 0 aromatic rings. The molecule has 0 saturated heterocycles. The van der Waals surface area contributed by atoms with E-state index in [0.717, 1.165) is 64.2 Å². The molecule has 0 heterocycles. The molecule has 10 heteroatoms. The molecule has 0 aliphatic heterocycles. The number of unbranched alkanes of at least 4 members (excludes halogenated alkanes) is 22. The Morgan fingerprint density at radius 2 is 1.02 bits per heavy atom. The summed E-state index contributed by atoms with van der Waals surface area (Å²) in [6.45, 7) is 3.50. The molecule has 0 aromatic heterocycles. The smallest absolute Gasteiger partial charge is 0.463 e. The zero-order chi connectivity index (χ0) is 39.6. The third-order valence-corrected chi connectivity index (χ3v) is 10.3. The normalized spacial score (nSPS) is 13.6. The molecule has 2 atom stereocenters. The molecule has 0 aromatic carbocycles. The molecule has 0 bridgehead atoms. The molecule has 0 aliphatic rings. The number of amides is 1. The standard InChI is InChI=1S/C44H82NO8P/c1-3-5-7-9-11-13-15-17-19-20-21-22-23-25-27-29-31-33-35-37-44(48)51-40-42(46)41-53-54(49,50)52-39-38-45-43(47)36-34-32-30-28-26-24-18-16-14-12-10-8-6-4-2/h10,12,16-19,42,46H,3-9,11,13-15,20-41H2,1-2H3,(H,45,47)(H,49,50)/b12-10-,18-16-,19-17+. The van der Waals surface area contributed by atoms with Crippen molar-refractivity contribution < 1.29 is 37.9 Å². The maximum Gasteiger partial charge on any atom is 0.472 e. The van der Waals surface area contributed by atoms with Gasteiger partial charge in [0.05, 0.1) is 13.2 Å². The van der Waals surface area contributed by atoms with Crippen LogP contribution in [-0.4, -0.2) is 54.3 Å². The van der Waals surface area contributed by atoms with Crippen LogP contribution in [0.1, 0.15) is 200 Å². The minimum atomic E-state index is -4.42. The molecule has 0 rings (SSSR count). The quantitative estimate of drug-likeness (QED) is 0.0242. The van der Waals surface area contributed by atoms with Crippen molar-refractivity contribution in [1.29, 1.82) is 0 Å². The van der Waals surface area contributed by atoms with Gasteiger partial charge in [-0.25, -0.2) is 4.57 Å². The lowest BCUT2D eigenvalue weighted by molar-refractivity contribution is -0.147. The van der Waals surface area contributed by atoms with Crippen molar-refractivity contribution in [3.8, 4) is 0 Å². The molecule has 0 aliphatic carbocycles. The highest BCUT2D eigenvalue weighted by molar-refractivity contribution is 7.47. The summed E-state index contributed by atoms with van der Waals surface area (Å²) in [6, 6.07) is 0. The first-order valence-electron chi connectivity index (χ1n) is 22.0. The monoisotopic (exact) mass is 784 g/mol. The summed E-state index contributed by atoms with van der Waals surface area (Å²) in [6.07, 6.45) is 45.0. The van der Waals surface area contributed by atoms with Crippen LogP contribution in [0, 0.1) is 0 Å². The van der Waals surface area contributed by atoms with Gasteiger partial charge < -0.3 is 20.1 Å². The summed E-state index contributed by atoms with van der Waals surface area (Å²) in [7, 11) is -4.42. The van der Waals surface area contributed by atoms with Crippen LogP contribution in [0.15, 0.2) is 36.5 Å². The molecule has 2 unspecified atom stereocenters. The number of ether oxygens (including phenoxy) is 1. The molecule has 0 fully saturated rings. The number of hydrogen-bond donors (Lipinski definition) is 3. The van der Waals surface area contributed by atoms with Crippen molar-refractivity contribution in [3.05, 3.63) is 36.5 Å². The van der Waals surface area contributed by atoms with E-state index in [-0.39, 0.29) is 32.1 Å². The van der Waals surface area contributed by atoms with Gasteiger partial charge in [-0.3, -0.25) is 18.6 Å². The average Bonchev–Trinajstić information content (AvgIpc) is 3.16. The van der Waals surface area contributed by atoms with Gasteiger partial charge in [-0.15, -0.1) is 0 Å². The summed E-state index contributed by atoms with van der Waals surface area (Å²) >= 11 is 0. The Morgan fingerprint density at radius 1 is 0.574 bits per heavy atom. The molecular formula is C44H82NO8P. The van der Waals surface area contributed by atoms with Gasteiger partial charge in [0.2, 0.25) is 5.91 Å². The van der Waals surface area contributed by atoms with Crippen molar-refractivity contribution in [3.63, 3.8) is 0 Å². The number of carbonyl (C=O) groups excluding carboxylic acids is 2. The van der Waals surface area contributed by atoms with E-state index in [0.29, 0.717) is 6.42 Å². The van der Waals surface area contributed by atoms with Crippen LogP contribution in [0.25, 0.3) is 0 Å². The van der Waals surface area contributed by atoms with E-state index >= 15 is 0 Å². The predicted molar refractivity (Wildman–Crippen MR) is 224 cm³/mol. The molecule has 9 nitrogen and oxygen atoms in total. The SMILES string of the molecule is CCCC/C=C\C/C=C\CCCCCCCC(=O)NCCOP(=O)(O)OCC(O)COC(=O)CCCCCCCCCCC/C=C/CCCCCCCC. The number of carbonyl (C=O) groups is 2. The Bertz CT molecular complexity index is 986. The fourth-order valence-electron chi connectivity index (χ4n) is 5.92. The highest BCUT2D eigenvalue weighted by Gasteiger charge is 2.23. The molecule has 316 valence electrons. The lowest BCUT2D eigenvalue weighted by Crippen LogP contribution is -2.27. The van der Waals surface area contributed by atoms with E-state index in [2.05, 4.69) is 55.6 Å². The zero-order valence-corrected chi connectivity index (χ0v) is 35.6. The van der Waals surface area contributed by atoms with Gasteiger partial charge >= 0.3 is 13.8 Å². The van der Waals surface area contributed by atoms with Crippen LogP contribution in [0.4, 0.5) is 0 Å². The van der Waals surface area contributed by atoms with Gasteiger partial charge in [0.1, 0.15) is 12.7 Å². The van der Waals surface area contributed by atoms with Gasteiger partial charge in [0.25, 0.3) is 0 Å². The van der Waals surface area contributed by atoms with Gasteiger partial charge in [-0.05, 0) is 64.2 Å². The van der Waals surface area contributed by atoms with Crippen molar-refractivity contribution in [2.24, 2.45) is 0 Å². The highest BCUT2D eigenvalue weighted by Crippen LogP contribution is 2.42. The maximum atomic E-state index is 12.1. The summed E-state index contributed by atoms with van der Waals surface area (Å²) in [5.74, 6) is -0.531. The summed E-state index contributed by atoms with van der Waals surface area (Å²) in [5.41, 5.74) is 0. The van der Waals surface area contributed by atoms with Crippen molar-refractivity contribution in [2.45, 2.75) is 206 Å². The third-order valence-electron chi connectivity index (χ3n) is 9.29. The van der Waals surface area contributed by atoms with E-state index in [1.54, 1.807) is 0 Å². The molecule has 54 heavy (non-hydrogen) atoms. The molecule has 0 saturated carbocycles. The second-order valence-electron chi connectivity index (χ2n) is 14.7. The second-order valence-corrected chi connectivity index (χ2v) is 16.1. The fraction of sp³-hybridized carbons (Fsp3) is 0.818. The number of aliphatic hydroxyl groups is 1. The Kier molecular flexibility index (Phi) is 39.5. The Hall–Kier alpha value is -1.77. The largest absolute Gasteiger partial charge is 0.472 e. The summed E-state index contributed by atoms with van der Waals surface area (Å²) in [4.78, 5) is 33.9. The van der Waals surface area contributed by atoms with Crippen LogP contribution >= 0.6 is 7.82 Å². The topological polar surface area (TPSA) is 131 Å². The van der Waals surface area contributed by atoms with E-state index in [1.807, 2.05) is 0 Å². The number of hydrogen-bond acceptors (Lipinski definition) is 7. The number of phosphoric ester groups is 1. The van der Waals surface area contributed by atoms with Crippen molar-refractivity contribution in [2.75, 3.05) is 26.4 Å². The first kappa shape index (κ1) is 52.2. The third kappa shape index (κ3) is 41.4. The number of aliphatic hydroxyl groups excluding tert-OH is 1. The van der Waals surface area contributed by atoms with Crippen molar-refractivity contribution >= 4 is 19.7 Å². The number of nitrogens with one attached hydrogen (secondary N) is 1. The minimum absolute atomic E-state index is 0.0739. The van der Waals surface area contributed by atoms with E-state index in [4.69, 9.17) is 13.8 Å². The maximum absolute atomic E-state index is 12.1. The summed E-state index contributed by atoms with van der Waals surface area (Å²) < 4.78 is 26.9. The van der Waals surface area contributed by atoms with E-state index < -0.39 is 26.5 Å². The Labute approximate surface area is 331 Å². The van der Waals surface area contributed by atoms with E-state index in [1.165, 1.54) is 109 Å². The van der Waals surface area contributed by atoms with Crippen molar-refractivity contribution in [1.82, 2.24) is 5.32 Å². The average molecular weight is 784 g/mol. The first-order valence-corrected chi connectivity index (χ1v) is 23.5. The van der Waals surface area contributed by atoms with Crippen LogP contribution in [0.5, 0.6) is 0 Å². The predicted octanol–water partition coefficient (Wildman–Crippen LogP) is 12.2. The lowest BCUT2D eigenvalue weighted by Gasteiger charge is -2.15. The van der Waals surface area contributed by atoms with Gasteiger partial charge in [0.15, 0.2) is 0 Å². The lowest BCUT2D eigenvalue weighted by atomic mass is 10.1. The number of rotatable bonds is 41. The summed E-state index contributed by atoms with van der Waals surface area (Å²) in [5, 5.41) is 12.7. The van der Waals surface area contributed by atoms with E-state index in [9.17, 15) is 24.2 Å². The van der Waals surface area contributed by atoms with Crippen LogP contribution in [0.3, 0.4) is 0 Å². The molecule has 1 amide bonds. The molecule has 0 radical (unpaired) electrons. The Morgan fingerprint density at radius 3 is 1.56 bits per heavy atom. The van der Waals surface area contributed by atoms with Gasteiger partial charge in [0, 0.05) is 19.4 Å². The minimum Gasteiger partial charge on any atom is -0.463 e. The fourth-order valence-corrected chi connectivity index (χ4v) is 6.68.